The molecule has 2 rings (SSSR count). The van der Waals surface area contributed by atoms with Crippen molar-refractivity contribution in [2.75, 3.05) is 14.2 Å². The maximum Gasteiger partial charge on any atom is 0.149 e. The van der Waals surface area contributed by atoms with Crippen molar-refractivity contribution in [3.8, 4) is 11.5 Å². The van der Waals surface area contributed by atoms with Crippen LogP contribution in [0.3, 0.4) is 0 Å². The van der Waals surface area contributed by atoms with Crippen molar-refractivity contribution < 1.29 is 19.0 Å². The topological polar surface area (TPSA) is 44.8 Å². The van der Waals surface area contributed by atoms with Gasteiger partial charge in [0.1, 0.15) is 23.9 Å². The second-order valence-corrected chi connectivity index (χ2v) is 3.62. The van der Waals surface area contributed by atoms with Gasteiger partial charge in [0.25, 0.3) is 0 Å². The van der Waals surface area contributed by atoms with E-state index in [0.717, 1.165) is 28.9 Å². The van der Waals surface area contributed by atoms with Crippen LogP contribution in [0.25, 0.3) is 0 Å². The highest BCUT2D eigenvalue weighted by Crippen LogP contribution is 2.35. The largest absolute Gasteiger partial charge is 0.496 e. The van der Waals surface area contributed by atoms with Gasteiger partial charge in [-0.15, -0.1) is 0 Å². The van der Waals surface area contributed by atoms with Crippen molar-refractivity contribution in [3.63, 3.8) is 0 Å². The second-order valence-electron chi connectivity index (χ2n) is 3.62. The Kier molecular flexibility index (Phi) is 3.10. The molecular weight excluding hydrogens is 208 g/mol. The van der Waals surface area contributed by atoms with Gasteiger partial charge in [0, 0.05) is 17.5 Å². The standard InChI is InChI=1S/C12H14O4/c1-14-11-3-4-12(15-2)10-7-16-8(6-13)5-9(10)11/h3-4,6,8H,5,7H2,1-2H3. The van der Waals surface area contributed by atoms with Gasteiger partial charge >= 0.3 is 0 Å². The lowest BCUT2D eigenvalue weighted by atomic mass is 9.97. The Labute approximate surface area is 94.1 Å². The molecule has 1 aromatic rings. The Morgan fingerprint density at radius 2 is 1.88 bits per heavy atom. The first-order valence-electron chi connectivity index (χ1n) is 5.09. The third-order valence-electron chi connectivity index (χ3n) is 2.78. The zero-order valence-corrected chi connectivity index (χ0v) is 9.36. The van der Waals surface area contributed by atoms with Gasteiger partial charge in [-0.1, -0.05) is 0 Å². The number of aldehydes is 1. The molecule has 86 valence electrons. The number of rotatable bonds is 3. The van der Waals surface area contributed by atoms with Crippen LogP contribution < -0.4 is 9.47 Å². The molecule has 0 saturated carbocycles. The van der Waals surface area contributed by atoms with E-state index in [1.807, 2.05) is 12.1 Å². The van der Waals surface area contributed by atoms with E-state index >= 15 is 0 Å². The minimum atomic E-state index is -0.381. The van der Waals surface area contributed by atoms with Crippen LogP contribution in [0, 0.1) is 0 Å². The van der Waals surface area contributed by atoms with Crippen LogP contribution in [-0.4, -0.2) is 26.6 Å². The van der Waals surface area contributed by atoms with Gasteiger partial charge in [-0.05, 0) is 12.1 Å². The number of fused-ring (bicyclic) bond motifs is 1. The predicted octanol–water partition coefficient (Wildman–Crippen LogP) is 1.34. The molecule has 4 nitrogen and oxygen atoms in total. The summed E-state index contributed by atoms with van der Waals surface area (Å²) >= 11 is 0. The summed E-state index contributed by atoms with van der Waals surface area (Å²) in [4.78, 5) is 10.7. The van der Waals surface area contributed by atoms with E-state index < -0.39 is 0 Å². The quantitative estimate of drug-likeness (QED) is 0.724. The van der Waals surface area contributed by atoms with Gasteiger partial charge in [0.15, 0.2) is 0 Å². The first kappa shape index (κ1) is 11.0. The second kappa shape index (κ2) is 4.53. The molecule has 1 aromatic carbocycles. The average molecular weight is 222 g/mol. The van der Waals surface area contributed by atoms with E-state index in [1.54, 1.807) is 14.2 Å². The summed E-state index contributed by atoms with van der Waals surface area (Å²) < 4.78 is 15.9. The lowest BCUT2D eigenvalue weighted by molar-refractivity contribution is -0.119. The molecule has 1 atom stereocenters. The smallest absolute Gasteiger partial charge is 0.149 e. The molecule has 0 N–H and O–H groups in total. The maximum atomic E-state index is 10.7. The van der Waals surface area contributed by atoms with Crippen LogP contribution in [-0.2, 0) is 22.6 Å². The van der Waals surface area contributed by atoms with Crippen LogP contribution in [0.1, 0.15) is 11.1 Å². The zero-order valence-electron chi connectivity index (χ0n) is 9.36. The molecule has 1 heterocycles. The zero-order chi connectivity index (χ0) is 11.5. The first-order valence-corrected chi connectivity index (χ1v) is 5.09. The number of methoxy groups -OCH3 is 2. The normalized spacial score (nSPS) is 18.8. The molecule has 16 heavy (non-hydrogen) atoms. The highest BCUT2D eigenvalue weighted by molar-refractivity contribution is 5.60. The molecule has 1 aliphatic rings. The third-order valence-corrected chi connectivity index (χ3v) is 2.78. The van der Waals surface area contributed by atoms with Gasteiger partial charge < -0.3 is 19.0 Å². The fourth-order valence-electron chi connectivity index (χ4n) is 1.95. The van der Waals surface area contributed by atoms with Crippen LogP contribution >= 0.6 is 0 Å². The maximum absolute atomic E-state index is 10.7. The van der Waals surface area contributed by atoms with E-state index in [4.69, 9.17) is 14.2 Å². The fourth-order valence-corrected chi connectivity index (χ4v) is 1.95. The summed E-state index contributed by atoms with van der Waals surface area (Å²) in [6.07, 6.45) is 0.981. The molecular formula is C12H14O4. The fraction of sp³-hybridized carbons (Fsp3) is 0.417. The summed E-state index contributed by atoms with van der Waals surface area (Å²) in [7, 11) is 3.24. The van der Waals surface area contributed by atoms with Gasteiger partial charge in [-0.3, -0.25) is 0 Å². The summed E-state index contributed by atoms with van der Waals surface area (Å²) in [5.74, 6) is 1.56. The van der Waals surface area contributed by atoms with E-state index in [1.165, 1.54) is 0 Å². The number of ether oxygens (including phenoxy) is 3. The van der Waals surface area contributed by atoms with Gasteiger partial charge in [0.05, 0.1) is 20.8 Å². The number of hydrogen-bond donors (Lipinski definition) is 0. The molecule has 1 unspecified atom stereocenters. The Balaban J connectivity index is 2.46. The summed E-state index contributed by atoms with van der Waals surface area (Å²) in [5, 5.41) is 0. The van der Waals surface area contributed by atoms with Crippen molar-refractivity contribution in [1.29, 1.82) is 0 Å². The highest BCUT2D eigenvalue weighted by atomic mass is 16.5. The molecule has 0 fully saturated rings. The monoisotopic (exact) mass is 222 g/mol. The Bertz CT molecular complexity index is 400. The molecule has 0 radical (unpaired) electrons. The molecule has 1 aliphatic heterocycles. The number of carbonyl (C=O) groups excluding carboxylic acids is 1. The predicted molar refractivity (Wildman–Crippen MR) is 57.9 cm³/mol. The number of benzene rings is 1. The van der Waals surface area contributed by atoms with E-state index in [0.29, 0.717) is 13.0 Å². The molecule has 0 aliphatic carbocycles. The summed E-state index contributed by atoms with van der Waals surface area (Å²) in [6.45, 7) is 0.388. The minimum Gasteiger partial charge on any atom is -0.496 e. The van der Waals surface area contributed by atoms with E-state index in [-0.39, 0.29) is 6.10 Å². The van der Waals surface area contributed by atoms with Crippen LogP contribution in [0.5, 0.6) is 11.5 Å². The van der Waals surface area contributed by atoms with Gasteiger partial charge in [-0.2, -0.15) is 0 Å². The van der Waals surface area contributed by atoms with Gasteiger partial charge in [-0.25, -0.2) is 0 Å². The average Bonchev–Trinajstić information content (AvgIpc) is 2.36. The van der Waals surface area contributed by atoms with Crippen molar-refractivity contribution in [3.05, 3.63) is 23.3 Å². The van der Waals surface area contributed by atoms with Crippen LogP contribution in [0.15, 0.2) is 12.1 Å². The van der Waals surface area contributed by atoms with Crippen molar-refractivity contribution >= 4 is 6.29 Å². The van der Waals surface area contributed by atoms with E-state index in [2.05, 4.69) is 0 Å². The lowest BCUT2D eigenvalue weighted by Crippen LogP contribution is -2.24. The number of hydrogen-bond acceptors (Lipinski definition) is 4. The van der Waals surface area contributed by atoms with Crippen molar-refractivity contribution in [2.24, 2.45) is 0 Å². The minimum absolute atomic E-state index is 0.381. The Morgan fingerprint density at radius 3 is 2.44 bits per heavy atom. The Morgan fingerprint density at radius 1 is 1.25 bits per heavy atom. The molecule has 4 heteroatoms. The molecule has 0 bridgehead atoms. The number of carbonyl (C=O) groups is 1. The van der Waals surface area contributed by atoms with Crippen molar-refractivity contribution in [2.45, 2.75) is 19.1 Å². The molecule has 0 aromatic heterocycles. The SMILES string of the molecule is COc1ccc(OC)c2c1COC(C=O)C2. The molecule has 0 saturated heterocycles. The third kappa shape index (κ3) is 1.76. The van der Waals surface area contributed by atoms with Gasteiger partial charge in [0.2, 0.25) is 0 Å². The van der Waals surface area contributed by atoms with Crippen molar-refractivity contribution in [1.82, 2.24) is 0 Å². The summed E-state index contributed by atoms with van der Waals surface area (Å²) in [5.41, 5.74) is 1.98. The lowest BCUT2D eigenvalue weighted by Gasteiger charge is -2.24. The molecule has 0 amide bonds. The summed E-state index contributed by atoms with van der Waals surface area (Å²) in [6, 6.07) is 3.70. The molecule has 0 spiro atoms. The Hall–Kier alpha value is -1.55. The van der Waals surface area contributed by atoms with Crippen LogP contribution in [0.4, 0.5) is 0 Å². The first-order chi connectivity index (χ1) is 7.80. The van der Waals surface area contributed by atoms with Crippen LogP contribution in [0.2, 0.25) is 0 Å². The highest BCUT2D eigenvalue weighted by Gasteiger charge is 2.24. The van der Waals surface area contributed by atoms with E-state index in [9.17, 15) is 4.79 Å².